The summed E-state index contributed by atoms with van der Waals surface area (Å²) < 4.78 is 18.4. The molecule has 0 aliphatic rings. The molecule has 2 aromatic rings. The van der Waals surface area contributed by atoms with E-state index >= 15 is 0 Å². The molecule has 2 rings (SSSR count). The molecule has 0 aliphatic heterocycles. The molecule has 0 fully saturated rings. The first-order chi connectivity index (χ1) is 10.2. The number of oxime groups is 1. The van der Waals surface area contributed by atoms with Crippen molar-refractivity contribution >= 4 is 5.71 Å². The first-order valence-electron chi connectivity index (χ1n) is 6.81. The van der Waals surface area contributed by atoms with Crippen molar-refractivity contribution < 1.29 is 14.3 Å². The van der Waals surface area contributed by atoms with Gasteiger partial charge < -0.3 is 9.94 Å². The first kappa shape index (κ1) is 15.0. The molecule has 0 aromatic heterocycles. The van der Waals surface area contributed by atoms with Crippen LogP contribution in [0.15, 0.2) is 53.7 Å². The second kappa shape index (κ2) is 7.43. The Labute approximate surface area is 123 Å². The molecule has 110 valence electrons. The Balaban J connectivity index is 1.86. The van der Waals surface area contributed by atoms with Gasteiger partial charge in [0.05, 0.1) is 5.71 Å². The van der Waals surface area contributed by atoms with Gasteiger partial charge in [-0.05, 0) is 55.2 Å². The number of rotatable bonds is 6. The van der Waals surface area contributed by atoms with Crippen LogP contribution in [0.4, 0.5) is 4.39 Å². The summed E-state index contributed by atoms with van der Waals surface area (Å²) in [7, 11) is 0. The largest absolute Gasteiger partial charge is 0.489 e. The van der Waals surface area contributed by atoms with Crippen molar-refractivity contribution in [3.63, 3.8) is 0 Å². The highest BCUT2D eigenvalue weighted by atomic mass is 19.1. The van der Waals surface area contributed by atoms with Crippen LogP contribution in [0.3, 0.4) is 0 Å². The third-order valence-electron chi connectivity index (χ3n) is 3.19. The fraction of sp³-hybridized carbons (Fsp3) is 0.235. The summed E-state index contributed by atoms with van der Waals surface area (Å²) in [4.78, 5) is 0. The molecular formula is C17H18FNO2. The Morgan fingerprint density at radius 1 is 1.05 bits per heavy atom. The van der Waals surface area contributed by atoms with Crippen LogP contribution in [0.5, 0.6) is 5.75 Å². The highest BCUT2D eigenvalue weighted by molar-refractivity contribution is 5.81. The molecular weight excluding hydrogens is 269 g/mol. The molecule has 0 saturated carbocycles. The third kappa shape index (κ3) is 4.91. The molecule has 0 unspecified atom stereocenters. The number of benzene rings is 2. The van der Waals surface area contributed by atoms with Crippen LogP contribution in [0.25, 0.3) is 0 Å². The van der Waals surface area contributed by atoms with Gasteiger partial charge in [0.25, 0.3) is 0 Å². The maximum absolute atomic E-state index is 12.8. The van der Waals surface area contributed by atoms with Crippen molar-refractivity contribution in [2.24, 2.45) is 5.16 Å². The third-order valence-corrected chi connectivity index (χ3v) is 3.19. The smallest absolute Gasteiger partial charge is 0.123 e. The van der Waals surface area contributed by atoms with E-state index in [1.54, 1.807) is 19.1 Å². The fourth-order valence-corrected chi connectivity index (χ4v) is 1.87. The van der Waals surface area contributed by atoms with E-state index in [0.29, 0.717) is 12.3 Å². The lowest BCUT2D eigenvalue weighted by atomic mass is 10.1. The van der Waals surface area contributed by atoms with Gasteiger partial charge in [-0.1, -0.05) is 29.4 Å². The lowest BCUT2D eigenvalue weighted by Crippen LogP contribution is -1.97. The van der Waals surface area contributed by atoms with Gasteiger partial charge >= 0.3 is 0 Å². The van der Waals surface area contributed by atoms with Gasteiger partial charge in [-0.3, -0.25) is 0 Å². The van der Waals surface area contributed by atoms with Crippen LogP contribution < -0.4 is 4.74 Å². The molecule has 0 heterocycles. The molecule has 3 nitrogen and oxygen atoms in total. The van der Waals surface area contributed by atoms with Crippen LogP contribution in [0, 0.1) is 5.82 Å². The number of hydrogen-bond acceptors (Lipinski definition) is 3. The van der Waals surface area contributed by atoms with Crippen molar-refractivity contribution in [3.05, 3.63) is 65.5 Å². The number of aryl methyl sites for hydroxylation is 1. The molecule has 0 radical (unpaired) electrons. The topological polar surface area (TPSA) is 41.8 Å². The van der Waals surface area contributed by atoms with Crippen molar-refractivity contribution in [3.8, 4) is 5.75 Å². The van der Waals surface area contributed by atoms with E-state index in [9.17, 15) is 4.39 Å². The fourth-order valence-electron chi connectivity index (χ4n) is 1.87. The monoisotopic (exact) mass is 287 g/mol. The molecule has 0 aliphatic carbocycles. The second-order valence-electron chi connectivity index (χ2n) is 4.89. The van der Waals surface area contributed by atoms with E-state index in [4.69, 9.17) is 9.94 Å². The summed E-state index contributed by atoms with van der Waals surface area (Å²) in [5.41, 5.74) is 2.80. The standard InChI is InChI=1S/C17H18FNO2/c1-13(19-20)2-3-14-6-10-17(11-7-14)21-12-15-4-8-16(18)9-5-15/h4-11,20H,2-3,12H2,1H3/b19-13+. The quantitative estimate of drug-likeness (QED) is 0.492. The van der Waals surface area contributed by atoms with E-state index in [1.165, 1.54) is 12.1 Å². The summed E-state index contributed by atoms with van der Waals surface area (Å²) in [6.07, 6.45) is 1.56. The maximum atomic E-state index is 12.8. The first-order valence-corrected chi connectivity index (χ1v) is 6.81. The van der Waals surface area contributed by atoms with Crippen LogP contribution in [0.1, 0.15) is 24.5 Å². The summed E-state index contributed by atoms with van der Waals surface area (Å²) in [5, 5.41) is 11.8. The van der Waals surface area contributed by atoms with E-state index in [-0.39, 0.29) is 5.82 Å². The molecule has 0 saturated heterocycles. The van der Waals surface area contributed by atoms with Crippen LogP contribution >= 0.6 is 0 Å². The lowest BCUT2D eigenvalue weighted by molar-refractivity contribution is 0.306. The normalized spacial score (nSPS) is 11.4. The molecule has 0 amide bonds. The van der Waals surface area contributed by atoms with Crippen LogP contribution in [-0.4, -0.2) is 10.9 Å². The SMILES string of the molecule is C/C(CCc1ccc(OCc2ccc(F)cc2)cc1)=N\O. The minimum absolute atomic E-state index is 0.246. The molecule has 0 bridgehead atoms. The van der Waals surface area contributed by atoms with Crippen LogP contribution in [-0.2, 0) is 13.0 Å². The van der Waals surface area contributed by atoms with Gasteiger partial charge in [0.2, 0.25) is 0 Å². The summed E-state index contributed by atoms with van der Waals surface area (Å²) in [5.74, 6) is 0.528. The van der Waals surface area contributed by atoms with Crippen LogP contribution in [0.2, 0.25) is 0 Å². The highest BCUT2D eigenvalue weighted by Gasteiger charge is 1.99. The molecule has 0 spiro atoms. The Bertz CT molecular complexity index is 591. The number of nitrogens with zero attached hydrogens (tertiary/aromatic N) is 1. The average Bonchev–Trinajstić information content (AvgIpc) is 2.53. The zero-order valence-electron chi connectivity index (χ0n) is 11.9. The molecule has 1 N–H and O–H groups in total. The highest BCUT2D eigenvalue weighted by Crippen LogP contribution is 2.15. The van der Waals surface area contributed by atoms with Crippen molar-refractivity contribution in [1.82, 2.24) is 0 Å². The van der Waals surface area contributed by atoms with Crippen molar-refractivity contribution in [2.75, 3.05) is 0 Å². The minimum Gasteiger partial charge on any atom is -0.489 e. The Morgan fingerprint density at radius 3 is 2.29 bits per heavy atom. The van der Waals surface area contributed by atoms with Gasteiger partial charge in [-0.2, -0.15) is 0 Å². The number of hydrogen-bond donors (Lipinski definition) is 1. The zero-order chi connectivity index (χ0) is 15.1. The van der Waals surface area contributed by atoms with E-state index in [0.717, 1.165) is 29.7 Å². The minimum atomic E-state index is -0.246. The van der Waals surface area contributed by atoms with E-state index in [2.05, 4.69) is 5.16 Å². The van der Waals surface area contributed by atoms with Gasteiger partial charge in [-0.25, -0.2) is 4.39 Å². The van der Waals surface area contributed by atoms with Gasteiger partial charge in [0, 0.05) is 0 Å². The van der Waals surface area contributed by atoms with Crippen molar-refractivity contribution in [1.29, 1.82) is 0 Å². The lowest BCUT2D eigenvalue weighted by Gasteiger charge is -2.07. The Morgan fingerprint density at radius 2 is 1.67 bits per heavy atom. The predicted octanol–water partition coefficient (Wildman–Crippen LogP) is 4.19. The molecule has 0 atom stereocenters. The number of ether oxygens (including phenoxy) is 1. The number of halogens is 1. The second-order valence-corrected chi connectivity index (χ2v) is 4.89. The van der Waals surface area contributed by atoms with Crippen molar-refractivity contribution in [2.45, 2.75) is 26.4 Å². The summed E-state index contributed by atoms with van der Waals surface area (Å²) >= 11 is 0. The maximum Gasteiger partial charge on any atom is 0.123 e. The van der Waals surface area contributed by atoms with Gasteiger partial charge in [0.15, 0.2) is 0 Å². The Kier molecular flexibility index (Phi) is 5.32. The molecule has 21 heavy (non-hydrogen) atoms. The van der Waals surface area contributed by atoms with E-state index in [1.807, 2.05) is 24.3 Å². The average molecular weight is 287 g/mol. The van der Waals surface area contributed by atoms with Gasteiger partial charge in [0.1, 0.15) is 18.2 Å². The van der Waals surface area contributed by atoms with Gasteiger partial charge in [-0.15, -0.1) is 0 Å². The Hall–Kier alpha value is -2.36. The summed E-state index contributed by atoms with van der Waals surface area (Å²) in [6.45, 7) is 2.20. The predicted molar refractivity (Wildman–Crippen MR) is 80.4 cm³/mol. The molecule has 4 heteroatoms. The van der Waals surface area contributed by atoms with E-state index < -0.39 is 0 Å². The molecule has 2 aromatic carbocycles. The zero-order valence-corrected chi connectivity index (χ0v) is 11.9. The summed E-state index contributed by atoms with van der Waals surface area (Å²) in [6, 6.07) is 14.1.